The second-order valence-electron chi connectivity index (χ2n) is 4.33. The van der Waals surface area contributed by atoms with Crippen LogP contribution in [0.5, 0.6) is 0 Å². The van der Waals surface area contributed by atoms with Gasteiger partial charge in [0, 0.05) is 33.6 Å². The van der Waals surface area contributed by atoms with Crippen molar-refractivity contribution in [3.63, 3.8) is 0 Å². The smallest absolute Gasteiger partial charge is 0.248 e. The molecule has 0 fully saturated rings. The Bertz CT molecular complexity index is 634. The van der Waals surface area contributed by atoms with E-state index in [2.05, 4.69) is 10.6 Å². The van der Waals surface area contributed by atoms with Crippen LogP contribution >= 0.6 is 23.2 Å². The first-order chi connectivity index (χ1) is 10.5. The van der Waals surface area contributed by atoms with Gasteiger partial charge in [0.05, 0.1) is 0 Å². The summed E-state index contributed by atoms with van der Waals surface area (Å²) in [6.07, 6.45) is 2.31. The lowest BCUT2D eigenvalue weighted by Gasteiger charge is -2.03. The van der Waals surface area contributed by atoms with Crippen LogP contribution in [0.25, 0.3) is 0 Å². The molecule has 0 unspecified atom stereocenters. The summed E-state index contributed by atoms with van der Waals surface area (Å²) >= 11 is 11.5. The maximum atomic E-state index is 11.7. The van der Waals surface area contributed by atoms with Crippen LogP contribution in [0.4, 0.5) is 11.4 Å². The van der Waals surface area contributed by atoms with E-state index in [-0.39, 0.29) is 0 Å². The van der Waals surface area contributed by atoms with Gasteiger partial charge in [-0.05, 0) is 48.5 Å². The molecule has 2 N–H and O–H groups in total. The number of amides is 2. The van der Waals surface area contributed by atoms with Gasteiger partial charge in [0.25, 0.3) is 0 Å². The largest absolute Gasteiger partial charge is 0.323 e. The van der Waals surface area contributed by atoms with Crippen LogP contribution in [0.3, 0.4) is 0 Å². The highest BCUT2D eigenvalue weighted by Crippen LogP contribution is 2.14. The fourth-order valence-electron chi connectivity index (χ4n) is 1.59. The third kappa shape index (κ3) is 5.24. The molecular formula is C16H12Cl2N2O2. The molecule has 2 aromatic rings. The highest BCUT2D eigenvalue weighted by Gasteiger charge is 2.01. The third-order valence-corrected chi connectivity index (χ3v) is 3.11. The maximum Gasteiger partial charge on any atom is 0.248 e. The van der Waals surface area contributed by atoms with E-state index in [0.717, 1.165) is 12.2 Å². The van der Waals surface area contributed by atoms with Crippen LogP contribution in [0.2, 0.25) is 10.0 Å². The summed E-state index contributed by atoms with van der Waals surface area (Å²) in [5.74, 6) is -0.817. The molecule has 0 spiro atoms. The second-order valence-corrected chi connectivity index (χ2v) is 5.20. The summed E-state index contributed by atoms with van der Waals surface area (Å²) in [7, 11) is 0. The summed E-state index contributed by atoms with van der Waals surface area (Å²) < 4.78 is 0. The molecule has 2 aromatic carbocycles. The van der Waals surface area contributed by atoms with Crippen LogP contribution in [-0.2, 0) is 9.59 Å². The van der Waals surface area contributed by atoms with Gasteiger partial charge >= 0.3 is 0 Å². The van der Waals surface area contributed by atoms with Gasteiger partial charge in [-0.1, -0.05) is 23.2 Å². The lowest BCUT2D eigenvalue weighted by molar-refractivity contribution is -0.114. The lowest BCUT2D eigenvalue weighted by Crippen LogP contribution is -2.11. The average Bonchev–Trinajstić information content (AvgIpc) is 2.50. The lowest BCUT2D eigenvalue weighted by atomic mass is 10.3. The van der Waals surface area contributed by atoms with E-state index in [1.54, 1.807) is 48.5 Å². The van der Waals surface area contributed by atoms with Crippen LogP contribution in [-0.4, -0.2) is 11.8 Å². The van der Waals surface area contributed by atoms with Crippen molar-refractivity contribution in [1.82, 2.24) is 0 Å². The Morgan fingerprint density at radius 3 is 1.32 bits per heavy atom. The van der Waals surface area contributed by atoms with Crippen LogP contribution in [0, 0.1) is 0 Å². The molecule has 0 aliphatic carbocycles. The van der Waals surface area contributed by atoms with E-state index in [0.29, 0.717) is 21.4 Å². The Balaban J connectivity index is 1.87. The Morgan fingerprint density at radius 1 is 0.682 bits per heavy atom. The van der Waals surface area contributed by atoms with E-state index in [4.69, 9.17) is 23.2 Å². The fraction of sp³-hybridized carbons (Fsp3) is 0. The maximum absolute atomic E-state index is 11.7. The number of hydrogen-bond donors (Lipinski definition) is 2. The molecule has 112 valence electrons. The van der Waals surface area contributed by atoms with Gasteiger partial charge in [0.2, 0.25) is 11.8 Å². The van der Waals surface area contributed by atoms with E-state index < -0.39 is 11.8 Å². The number of anilines is 2. The van der Waals surface area contributed by atoms with Crippen molar-refractivity contribution in [3.05, 3.63) is 70.7 Å². The number of carbonyl (C=O) groups excluding carboxylic acids is 2. The molecule has 0 saturated heterocycles. The molecule has 0 atom stereocenters. The number of benzene rings is 2. The van der Waals surface area contributed by atoms with E-state index in [9.17, 15) is 9.59 Å². The fourth-order valence-corrected chi connectivity index (χ4v) is 1.84. The van der Waals surface area contributed by atoms with Crippen molar-refractivity contribution < 1.29 is 9.59 Å². The highest BCUT2D eigenvalue weighted by atomic mass is 35.5. The first-order valence-corrected chi connectivity index (χ1v) is 7.10. The van der Waals surface area contributed by atoms with Crippen LogP contribution in [0.1, 0.15) is 0 Å². The predicted molar refractivity (Wildman–Crippen MR) is 89.3 cm³/mol. The highest BCUT2D eigenvalue weighted by molar-refractivity contribution is 6.31. The molecule has 6 heteroatoms. The summed E-state index contributed by atoms with van der Waals surface area (Å²) in [4.78, 5) is 23.3. The summed E-state index contributed by atoms with van der Waals surface area (Å²) in [5, 5.41) is 6.39. The number of rotatable bonds is 4. The summed E-state index contributed by atoms with van der Waals surface area (Å²) in [5.41, 5.74) is 1.19. The normalized spacial score (nSPS) is 10.5. The quantitative estimate of drug-likeness (QED) is 0.826. The monoisotopic (exact) mass is 334 g/mol. The standard InChI is InChI=1S/C16H12Cl2N2O2/c17-11-1-5-13(6-2-11)19-15(21)9-10-16(22)20-14-7-3-12(18)4-8-14/h1-10H,(H,19,21)(H,20,22)/b10-9-. The molecule has 0 aliphatic heterocycles. The van der Waals surface area contributed by atoms with Crippen molar-refractivity contribution in [3.8, 4) is 0 Å². The van der Waals surface area contributed by atoms with E-state index in [1.165, 1.54) is 0 Å². The Hall–Kier alpha value is -2.30. The first kappa shape index (κ1) is 16.1. The van der Waals surface area contributed by atoms with Gasteiger partial charge in [0.15, 0.2) is 0 Å². The minimum absolute atomic E-state index is 0.409. The molecule has 22 heavy (non-hydrogen) atoms. The topological polar surface area (TPSA) is 58.2 Å². The van der Waals surface area contributed by atoms with Crippen molar-refractivity contribution in [2.45, 2.75) is 0 Å². The van der Waals surface area contributed by atoms with Crippen LogP contribution < -0.4 is 10.6 Å². The van der Waals surface area contributed by atoms with Crippen molar-refractivity contribution in [2.24, 2.45) is 0 Å². The Labute approximate surface area is 137 Å². The molecule has 0 aliphatic rings. The van der Waals surface area contributed by atoms with Gasteiger partial charge < -0.3 is 10.6 Å². The molecule has 0 bridgehead atoms. The van der Waals surface area contributed by atoms with Gasteiger partial charge in [0.1, 0.15) is 0 Å². The SMILES string of the molecule is O=C(/C=C\C(=O)Nc1ccc(Cl)cc1)Nc1ccc(Cl)cc1. The first-order valence-electron chi connectivity index (χ1n) is 6.34. The van der Waals surface area contributed by atoms with Gasteiger partial charge in [-0.25, -0.2) is 0 Å². The molecule has 0 saturated carbocycles. The zero-order valence-corrected chi connectivity index (χ0v) is 12.9. The zero-order valence-electron chi connectivity index (χ0n) is 11.3. The number of hydrogen-bond acceptors (Lipinski definition) is 2. The molecule has 0 radical (unpaired) electrons. The number of nitrogens with one attached hydrogen (secondary N) is 2. The minimum Gasteiger partial charge on any atom is -0.323 e. The van der Waals surface area contributed by atoms with Gasteiger partial charge in [-0.2, -0.15) is 0 Å². The summed E-state index contributed by atoms with van der Waals surface area (Å²) in [6.45, 7) is 0. The predicted octanol–water partition coefficient (Wildman–Crippen LogP) is 4.13. The molecule has 4 nitrogen and oxygen atoms in total. The van der Waals surface area contributed by atoms with Gasteiger partial charge in [-0.3, -0.25) is 9.59 Å². The van der Waals surface area contributed by atoms with E-state index in [1.807, 2.05) is 0 Å². The molecular weight excluding hydrogens is 323 g/mol. The average molecular weight is 335 g/mol. The van der Waals surface area contributed by atoms with Crippen LogP contribution in [0.15, 0.2) is 60.7 Å². The molecule has 0 heterocycles. The second kappa shape index (κ2) is 7.64. The number of halogens is 2. The van der Waals surface area contributed by atoms with Crippen molar-refractivity contribution in [1.29, 1.82) is 0 Å². The van der Waals surface area contributed by atoms with E-state index >= 15 is 0 Å². The van der Waals surface area contributed by atoms with Crippen molar-refractivity contribution in [2.75, 3.05) is 10.6 Å². The number of carbonyl (C=O) groups is 2. The molecule has 0 aromatic heterocycles. The minimum atomic E-state index is -0.409. The van der Waals surface area contributed by atoms with Crippen molar-refractivity contribution >= 4 is 46.4 Å². The Morgan fingerprint density at radius 2 is 1.00 bits per heavy atom. The van der Waals surface area contributed by atoms with Gasteiger partial charge in [-0.15, -0.1) is 0 Å². The summed E-state index contributed by atoms with van der Waals surface area (Å²) in [6, 6.07) is 13.3. The zero-order chi connectivity index (χ0) is 15.9. The molecule has 2 amide bonds. The third-order valence-electron chi connectivity index (χ3n) is 2.61. The molecule has 2 rings (SSSR count). The Kier molecular flexibility index (Phi) is 5.58.